The van der Waals surface area contributed by atoms with Crippen LogP contribution in [0.25, 0.3) is 0 Å². The van der Waals surface area contributed by atoms with Crippen LogP contribution in [0, 0.1) is 0 Å². The maximum absolute atomic E-state index is 10.5. The summed E-state index contributed by atoms with van der Waals surface area (Å²) >= 11 is 0. The summed E-state index contributed by atoms with van der Waals surface area (Å²) in [5.74, 6) is -1.24. The van der Waals surface area contributed by atoms with Gasteiger partial charge < -0.3 is 9.84 Å². The van der Waals surface area contributed by atoms with Gasteiger partial charge in [-0.15, -0.1) is 0 Å². The highest BCUT2D eigenvalue weighted by Crippen LogP contribution is 1.82. The van der Waals surface area contributed by atoms with E-state index in [1.807, 2.05) is 13.0 Å². The first-order valence-electron chi connectivity index (χ1n) is 3.85. The molecule has 4 heteroatoms. The molecule has 0 aliphatic heterocycles. The smallest absolute Gasteiger partial charge is 0.335 e. The van der Waals surface area contributed by atoms with E-state index in [0.29, 0.717) is 0 Å². The van der Waals surface area contributed by atoms with Gasteiger partial charge in [-0.05, 0) is 6.92 Å². The molecule has 0 aromatic carbocycles. The quantitative estimate of drug-likeness (QED) is 0.325. The number of aliphatic carboxylic acids is 1. The Morgan fingerprint density at radius 1 is 1.36 bits per heavy atom. The number of ether oxygens (including phenoxy) is 1. The van der Waals surface area contributed by atoms with Gasteiger partial charge in [-0.1, -0.05) is 24.8 Å². The van der Waals surface area contributed by atoms with Crippen LogP contribution in [0.2, 0.25) is 0 Å². The molecule has 0 bridgehead atoms. The molecule has 78 valence electrons. The van der Waals surface area contributed by atoms with Crippen molar-refractivity contribution in [1.82, 2.24) is 0 Å². The molecule has 0 saturated carbocycles. The van der Waals surface area contributed by atoms with Crippen molar-refractivity contribution in [2.75, 3.05) is 0 Å². The third-order valence-electron chi connectivity index (χ3n) is 0.735. The second-order valence-corrected chi connectivity index (χ2v) is 2.01. The highest BCUT2D eigenvalue weighted by Gasteiger charge is 1.87. The first-order chi connectivity index (χ1) is 6.54. The Kier molecular flexibility index (Phi) is 11.7. The van der Waals surface area contributed by atoms with Gasteiger partial charge in [0, 0.05) is 13.0 Å². The average molecular weight is 198 g/mol. The summed E-state index contributed by atoms with van der Waals surface area (Å²) in [6.07, 6.45) is 7.58. The van der Waals surface area contributed by atoms with E-state index in [2.05, 4.69) is 11.3 Å². The van der Waals surface area contributed by atoms with E-state index in [1.54, 1.807) is 12.2 Å². The zero-order chi connectivity index (χ0) is 11.4. The Morgan fingerprint density at radius 2 is 1.86 bits per heavy atom. The van der Waals surface area contributed by atoms with Gasteiger partial charge in [-0.25, -0.2) is 4.79 Å². The Hall–Kier alpha value is -1.84. The summed E-state index contributed by atoms with van der Waals surface area (Å²) in [6.45, 7) is 6.18. The molecule has 0 rings (SSSR count). The van der Waals surface area contributed by atoms with Crippen LogP contribution < -0.4 is 0 Å². The van der Waals surface area contributed by atoms with Crippen molar-refractivity contribution in [3.05, 3.63) is 37.1 Å². The van der Waals surface area contributed by atoms with E-state index < -0.39 is 11.9 Å². The Bertz CT molecular complexity index is 235. The topological polar surface area (TPSA) is 63.6 Å². The van der Waals surface area contributed by atoms with Crippen LogP contribution in [0.3, 0.4) is 0 Å². The summed E-state index contributed by atoms with van der Waals surface area (Å²) in [6, 6.07) is 0. The molecular formula is C10H14O4. The van der Waals surface area contributed by atoms with Crippen molar-refractivity contribution in [2.45, 2.75) is 13.8 Å². The summed E-state index contributed by atoms with van der Waals surface area (Å²) in [5.41, 5.74) is 0. The largest absolute Gasteiger partial charge is 0.481 e. The SMILES string of the molecule is C=COC(=O)C=CC=CC.CC(=O)O. The van der Waals surface area contributed by atoms with Crippen molar-refractivity contribution in [2.24, 2.45) is 0 Å². The van der Waals surface area contributed by atoms with Crippen molar-refractivity contribution < 1.29 is 19.4 Å². The zero-order valence-electron chi connectivity index (χ0n) is 8.27. The molecule has 0 radical (unpaired) electrons. The van der Waals surface area contributed by atoms with Crippen LogP contribution in [0.15, 0.2) is 37.1 Å². The lowest BCUT2D eigenvalue weighted by atomic mass is 10.4. The van der Waals surface area contributed by atoms with E-state index in [4.69, 9.17) is 9.90 Å². The maximum atomic E-state index is 10.5. The molecule has 0 unspecified atom stereocenters. The standard InChI is InChI=1S/C8H10O2.C2H4O2/c1-3-5-6-7-8(9)10-4-2;1-2(3)4/h3-7H,2H2,1H3;1H3,(H,3,4). The number of carbonyl (C=O) groups excluding carboxylic acids is 1. The average Bonchev–Trinajstić information content (AvgIpc) is 2.04. The lowest BCUT2D eigenvalue weighted by Crippen LogP contribution is -1.91. The molecule has 1 N–H and O–H groups in total. The molecule has 0 aliphatic rings. The van der Waals surface area contributed by atoms with Crippen LogP contribution in [-0.2, 0) is 14.3 Å². The highest BCUT2D eigenvalue weighted by atomic mass is 16.5. The molecule has 0 saturated heterocycles. The summed E-state index contributed by atoms with van der Waals surface area (Å²) in [7, 11) is 0. The molecule has 0 aliphatic carbocycles. The maximum Gasteiger partial charge on any atom is 0.335 e. The Morgan fingerprint density at radius 3 is 2.21 bits per heavy atom. The highest BCUT2D eigenvalue weighted by molar-refractivity contribution is 5.82. The molecule has 14 heavy (non-hydrogen) atoms. The summed E-state index contributed by atoms with van der Waals surface area (Å²) in [5, 5.41) is 7.42. The van der Waals surface area contributed by atoms with Crippen LogP contribution in [0.4, 0.5) is 0 Å². The second kappa shape index (κ2) is 11.2. The molecule has 0 spiro atoms. The number of hydrogen-bond acceptors (Lipinski definition) is 3. The van der Waals surface area contributed by atoms with Gasteiger partial charge in [0.1, 0.15) is 0 Å². The molecule has 0 amide bonds. The van der Waals surface area contributed by atoms with Gasteiger partial charge in [0.05, 0.1) is 6.26 Å². The normalized spacial score (nSPS) is 9.29. The minimum atomic E-state index is -0.833. The van der Waals surface area contributed by atoms with Gasteiger partial charge in [-0.3, -0.25) is 4.79 Å². The predicted molar refractivity (Wildman–Crippen MR) is 53.6 cm³/mol. The lowest BCUT2D eigenvalue weighted by Gasteiger charge is -1.86. The van der Waals surface area contributed by atoms with Crippen molar-refractivity contribution in [1.29, 1.82) is 0 Å². The summed E-state index contributed by atoms with van der Waals surface area (Å²) in [4.78, 5) is 19.5. The van der Waals surface area contributed by atoms with Gasteiger partial charge >= 0.3 is 5.97 Å². The molecule has 0 fully saturated rings. The van der Waals surface area contributed by atoms with Crippen LogP contribution in [0.5, 0.6) is 0 Å². The molecule has 0 heterocycles. The zero-order valence-corrected chi connectivity index (χ0v) is 8.27. The second-order valence-electron chi connectivity index (χ2n) is 2.01. The van der Waals surface area contributed by atoms with Gasteiger partial charge in [0.25, 0.3) is 5.97 Å². The van der Waals surface area contributed by atoms with E-state index in [-0.39, 0.29) is 0 Å². The van der Waals surface area contributed by atoms with Crippen LogP contribution >= 0.6 is 0 Å². The van der Waals surface area contributed by atoms with E-state index in [1.165, 1.54) is 6.08 Å². The lowest BCUT2D eigenvalue weighted by molar-refractivity contribution is -0.134. The van der Waals surface area contributed by atoms with Crippen molar-refractivity contribution in [3.63, 3.8) is 0 Å². The number of allylic oxidation sites excluding steroid dienone is 3. The number of esters is 1. The van der Waals surface area contributed by atoms with Crippen molar-refractivity contribution in [3.8, 4) is 0 Å². The molecule has 4 nitrogen and oxygen atoms in total. The van der Waals surface area contributed by atoms with Crippen LogP contribution in [0.1, 0.15) is 13.8 Å². The van der Waals surface area contributed by atoms with Crippen molar-refractivity contribution >= 4 is 11.9 Å². The van der Waals surface area contributed by atoms with E-state index in [9.17, 15) is 4.79 Å². The summed E-state index contributed by atoms with van der Waals surface area (Å²) < 4.78 is 4.39. The van der Waals surface area contributed by atoms with Gasteiger partial charge in [-0.2, -0.15) is 0 Å². The first-order valence-corrected chi connectivity index (χ1v) is 3.85. The fourth-order valence-electron chi connectivity index (χ4n) is 0.367. The number of hydrogen-bond donors (Lipinski definition) is 1. The molecular weight excluding hydrogens is 184 g/mol. The molecule has 0 aromatic rings. The van der Waals surface area contributed by atoms with E-state index >= 15 is 0 Å². The Balaban J connectivity index is 0. The van der Waals surface area contributed by atoms with Gasteiger partial charge in [0.15, 0.2) is 0 Å². The Labute approximate surface area is 83.2 Å². The predicted octanol–water partition coefficient (Wildman–Crippen LogP) is 1.90. The number of carboxylic acid groups (broad SMARTS) is 1. The number of carboxylic acids is 1. The minimum Gasteiger partial charge on any atom is -0.481 e. The number of rotatable bonds is 3. The molecule has 0 aromatic heterocycles. The van der Waals surface area contributed by atoms with Crippen LogP contribution in [-0.4, -0.2) is 17.0 Å². The monoisotopic (exact) mass is 198 g/mol. The first kappa shape index (κ1) is 14.7. The fraction of sp³-hybridized carbons (Fsp3) is 0.200. The fourth-order valence-corrected chi connectivity index (χ4v) is 0.367. The minimum absolute atomic E-state index is 0.409. The van der Waals surface area contributed by atoms with Gasteiger partial charge in [0.2, 0.25) is 0 Å². The molecule has 0 atom stereocenters. The van der Waals surface area contributed by atoms with E-state index in [0.717, 1.165) is 13.2 Å². The third-order valence-corrected chi connectivity index (χ3v) is 0.735. The third kappa shape index (κ3) is 22.5. The number of carbonyl (C=O) groups is 2.